The number of esters is 1. The zero-order chi connectivity index (χ0) is 21.2. The van der Waals surface area contributed by atoms with E-state index in [0.717, 1.165) is 12.0 Å². The van der Waals surface area contributed by atoms with Crippen molar-refractivity contribution in [2.24, 2.45) is 11.8 Å². The number of amides is 1. The minimum atomic E-state index is -3.44. The van der Waals surface area contributed by atoms with Gasteiger partial charge in [-0.25, -0.2) is 8.42 Å². The highest BCUT2D eigenvalue weighted by atomic mass is 32.2. The van der Waals surface area contributed by atoms with Crippen LogP contribution in [0.15, 0.2) is 30.3 Å². The van der Waals surface area contributed by atoms with Crippen molar-refractivity contribution in [2.75, 3.05) is 32.2 Å². The highest BCUT2D eigenvalue weighted by Gasteiger charge is 2.29. The molecule has 7 heteroatoms. The summed E-state index contributed by atoms with van der Waals surface area (Å²) in [6.45, 7) is 4.10. The van der Waals surface area contributed by atoms with Crippen LogP contribution < -0.4 is 0 Å². The smallest absolute Gasteiger partial charge is 0.310 e. The Hall–Kier alpha value is -1.89. The first kappa shape index (κ1) is 24.1. The zero-order valence-corrected chi connectivity index (χ0v) is 18.2. The summed E-state index contributed by atoms with van der Waals surface area (Å²) in [5, 5.41) is 0. The van der Waals surface area contributed by atoms with Crippen LogP contribution in [0.2, 0.25) is 0 Å². The Morgan fingerprint density at radius 3 is 2.32 bits per heavy atom. The van der Waals surface area contributed by atoms with E-state index in [1.165, 1.54) is 4.90 Å². The van der Waals surface area contributed by atoms with Gasteiger partial charge >= 0.3 is 5.97 Å². The minimum absolute atomic E-state index is 0.0125. The fourth-order valence-corrected chi connectivity index (χ4v) is 4.48. The van der Waals surface area contributed by atoms with Gasteiger partial charge in [-0.2, -0.15) is 0 Å². The van der Waals surface area contributed by atoms with E-state index in [4.69, 9.17) is 4.74 Å². The third kappa shape index (κ3) is 9.88. The number of rotatable bonds is 12. The summed E-state index contributed by atoms with van der Waals surface area (Å²) >= 11 is 0. The monoisotopic (exact) mass is 411 g/mol. The van der Waals surface area contributed by atoms with Gasteiger partial charge in [0.2, 0.25) is 5.91 Å². The van der Waals surface area contributed by atoms with Crippen LogP contribution in [0.1, 0.15) is 38.7 Å². The lowest BCUT2D eigenvalue weighted by molar-refractivity contribution is -0.150. The van der Waals surface area contributed by atoms with Gasteiger partial charge in [-0.1, -0.05) is 44.2 Å². The molecule has 1 atom stereocenters. The molecule has 0 aliphatic heterocycles. The predicted molar refractivity (Wildman–Crippen MR) is 111 cm³/mol. The topological polar surface area (TPSA) is 80.8 Å². The zero-order valence-electron chi connectivity index (χ0n) is 17.4. The Morgan fingerprint density at radius 2 is 1.75 bits per heavy atom. The van der Waals surface area contributed by atoms with Gasteiger partial charge < -0.3 is 9.64 Å². The summed E-state index contributed by atoms with van der Waals surface area (Å²) < 4.78 is 30.1. The van der Waals surface area contributed by atoms with Crippen molar-refractivity contribution in [1.29, 1.82) is 0 Å². The fourth-order valence-electron chi connectivity index (χ4n) is 2.62. The van der Waals surface area contributed by atoms with Gasteiger partial charge in [-0.05, 0) is 30.7 Å². The van der Waals surface area contributed by atoms with Gasteiger partial charge in [0, 0.05) is 20.5 Å². The maximum Gasteiger partial charge on any atom is 0.310 e. The maximum atomic E-state index is 12.5. The van der Waals surface area contributed by atoms with E-state index in [1.54, 1.807) is 14.1 Å². The van der Waals surface area contributed by atoms with Crippen LogP contribution in [0.25, 0.3) is 0 Å². The van der Waals surface area contributed by atoms with E-state index < -0.39 is 21.7 Å². The molecule has 0 aliphatic carbocycles. The number of hydrogen-bond acceptors (Lipinski definition) is 5. The van der Waals surface area contributed by atoms with Gasteiger partial charge in [-0.15, -0.1) is 0 Å². The van der Waals surface area contributed by atoms with Crippen molar-refractivity contribution >= 4 is 21.7 Å². The molecule has 1 amide bonds. The van der Waals surface area contributed by atoms with Crippen molar-refractivity contribution in [3.05, 3.63) is 35.9 Å². The van der Waals surface area contributed by atoms with E-state index in [0.29, 0.717) is 12.8 Å². The van der Waals surface area contributed by atoms with Crippen LogP contribution >= 0.6 is 0 Å². The summed E-state index contributed by atoms with van der Waals surface area (Å²) in [5.74, 6) is -1.96. The molecule has 0 saturated carbocycles. The van der Waals surface area contributed by atoms with Gasteiger partial charge in [0.1, 0.15) is 0 Å². The molecule has 0 bridgehead atoms. The molecule has 6 nitrogen and oxygen atoms in total. The molecular formula is C21H33NO5S. The molecule has 1 aromatic rings. The highest BCUT2D eigenvalue weighted by molar-refractivity contribution is 7.91. The Labute approximate surface area is 169 Å². The Kier molecular flexibility index (Phi) is 10.2. The van der Waals surface area contributed by atoms with E-state index in [-0.39, 0.29) is 36.4 Å². The summed E-state index contributed by atoms with van der Waals surface area (Å²) in [7, 11) is -0.275. The average molecular weight is 412 g/mol. The second-order valence-corrected chi connectivity index (χ2v) is 9.97. The molecule has 0 radical (unpaired) electrons. The molecule has 0 aliphatic rings. The van der Waals surface area contributed by atoms with Gasteiger partial charge in [0.15, 0.2) is 9.84 Å². The number of hydrogen-bond donors (Lipinski definition) is 0. The number of carbonyl (C=O) groups is 2. The highest BCUT2D eigenvalue weighted by Crippen LogP contribution is 2.15. The lowest BCUT2D eigenvalue weighted by atomic mass is 10.1. The third-order valence-electron chi connectivity index (χ3n) is 4.41. The first-order valence-electron chi connectivity index (χ1n) is 9.72. The average Bonchev–Trinajstić information content (AvgIpc) is 2.63. The summed E-state index contributed by atoms with van der Waals surface area (Å²) in [5.41, 5.74) is 1.15. The number of benzene rings is 1. The number of sulfone groups is 1. The van der Waals surface area contributed by atoms with Crippen molar-refractivity contribution < 1.29 is 22.7 Å². The molecule has 0 saturated heterocycles. The number of nitrogens with zero attached hydrogens (tertiary/aromatic N) is 1. The van der Waals surface area contributed by atoms with Crippen LogP contribution in [0.3, 0.4) is 0 Å². The minimum Gasteiger partial charge on any atom is -0.465 e. The molecule has 158 valence electrons. The Bertz CT molecular complexity index is 714. The first-order chi connectivity index (χ1) is 13.1. The van der Waals surface area contributed by atoms with Crippen molar-refractivity contribution in [3.8, 4) is 0 Å². The SMILES string of the molecule is CC(C)CCS(=O)(=O)CC(CC(=O)N(C)C)C(=O)OCCCc1ccccc1. The standard InChI is InChI=1S/C21H33NO5S/c1-17(2)12-14-28(25,26)16-19(15-20(23)22(3)4)21(24)27-13-8-11-18-9-6-5-7-10-18/h5-7,9-10,17,19H,8,11-16H2,1-4H3. The second-order valence-electron chi connectivity index (χ2n) is 7.74. The normalized spacial score (nSPS) is 12.6. The molecule has 0 spiro atoms. The molecule has 1 rings (SSSR count). The van der Waals surface area contributed by atoms with Gasteiger partial charge in [-0.3, -0.25) is 9.59 Å². The van der Waals surface area contributed by atoms with Crippen LogP contribution in [-0.2, 0) is 30.6 Å². The number of carbonyl (C=O) groups excluding carboxylic acids is 2. The molecule has 0 fully saturated rings. The summed E-state index contributed by atoms with van der Waals surface area (Å²) in [6, 6.07) is 9.84. The first-order valence-corrected chi connectivity index (χ1v) is 11.5. The van der Waals surface area contributed by atoms with E-state index in [2.05, 4.69) is 0 Å². The summed E-state index contributed by atoms with van der Waals surface area (Å²) in [4.78, 5) is 25.9. The van der Waals surface area contributed by atoms with Crippen LogP contribution in [0, 0.1) is 11.8 Å². The quantitative estimate of drug-likeness (QED) is 0.390. The van der Waals surface area contributed by atoms with E-state index in [1.807, 2.05) is 44.2 Å². The van der Waals surface area contributed by atoms with Crippen LogP contribution in [0.5, 0.6) is 0 Å². The molecule has 0 N–H and O–H groups in total. The molecule has 1 unspecified atom stereocenters. The summed E-state index contributed by atoms with van der Waals surface area (Å²) in [6.07, 6.45) is 1.78. The molecule has 1 aromatic carbocycles. The van der Waals surface area contributed by atoms with Gasteiger partial charge in [0.05, 0.1) is 24.0 Å². The van der Waals surface area contributed by atoms with Crippen LogP contribution in [-0.4, -0.2) is 57.4 Å². The predicted octanol–water partition coefficient (Wildman–Crippen LogP) is 2.72. The van der Waals surface area contributed by atoms with Crippen molar-refractivity contribution in [3.63, 3.8) is 0 Å². The number of aryl methyl sites for hydroxylation is 1. The van der Waals surface area contributed by atoms with Crippen molar-refractivity contribution in [1.82, 2.24) is 4.90 Å². The molecular weight excluding hydrogens is 378 g/mol. The largest absolute Gasteiger partial charge is 0.465 e. The lowest BCUT2D eigenvalue weighted by Gasteiger charge is -2.18. The third-order valence-corrected chi connectivity index (χ3v) is 6.18. The van der Waals surface area contributed by atoms with Crippen LogP contribution in [0.4, 0.5) is 0 Å². The maximum absolute atomic E-state index is 12.5. The van der Waals surface area contributed by atoms with E-state index >= 15 is 0 Å². The Balaban J connectivity index is 2.63. The molecule has 0 aromatic heterocycles. The second kappa shape index (κ2) is 11.8. The molecule has 28 heavy (non-hydrogen) atoms. The van der Waals surface area contributed by atoms with E-state index in [9.17, 15) is 18.0 Å². The fraction of sp³-hybridized carbons (Fsp3) is 0.619. The lowest BCUT2D eigenvalue weighted by Crippen LogP contribution is -2.33. The molecule has 0 heterocycles. The number of ether oxygens (including phenoxy) is 1. The van der Waals surface area contributed by atoms with Gasteiger partial charge in [0.25, 0.3) is 0 Å². The van der Waals surface area contributed by atoms with Crippen molar-refractivity contribution in [2.45, 2.75) is 39.5 Å². The Morgan fingerprint density at radius 1 is 1.11 bits per heavy atom.